The van der Waals surface area contributed by atoms with Gasteiger partial charge in [-0.1, -0.05) is 0 Å². The number of azo groups is 1. The van der Waals surface area contributed by atoms with Crippen molar-refractivity contribution < 1.29 is 22.8 Å². The molecule has 12 nitrogen and oxygen atoms in total. The molecular formula is C16H17N5O7S. The van der Waals surface area contributed by atoms with Gasteiger partial charge in [0.15, 0.2) is 0 Å². The molecule has 0 aliphatic rings. The smallest absolute Gasteiger partial charge is 0.303 e. The number of rotatable bonds is 8. The molecule has 0 fully saturated rings. The van der Waals surface area contributed by atoms with E-state index in [4.69, 9.17) is 0 Å². The minimum Gasteiger partial charge on any atom is -0.372 e. The number of nitrogens with zero attached hydrogens (tertiary/aromatic N) is 5. The molecule has 2 rings (SSSR count). The molecule has 2 aromatic carbocycles. The van der Waals surface area contributed by atoms with Crippen LogP contribution in [0.2, 0.25) is 0 Å². The summed E-state index contributed by atoms with van der Waals surface area (Å²) in [5, 5.41) is 29.5. The quantitative estimate of drug-likeness (QED) is 0.287. The van der Waals surface area contributed by atoms with E-state index in [1.165, 1.54) is 18.2 Å². The Morgan fingerprint density at radius 3 is 2.00 bits per heavy atom. The summed E-state index contributed by atoms with van der Waals surface area (Å²) >= 11 is 0. The van der Waals surface area contributed by atoms with Gasteiger partial charge >= 0.3 is 11.4 Å². The Balaban J connectivity index is 2.65. The zero-order chi connectivity index (χ0) is 21.8. The van der Waals surface area contributed by atoms with E-state index in [2.05, 4.69) is 10.2 Å². The van der Waals surface area contributed by atoms with Crippen LogP contribution in [0, 0.1) is 20.2 Å². The third kappa shape index (κ3) is 4.89. The van der Waals surface area contributed by atoms with Crippen molar-refractivity contribution in [1.82, 2.24) is 0 Å². The molecule has 0 saturated carbocycles. The second kappa shape index (κ2) is 8.70. The molecule has 2 aromatic rings. The highest BCUT2D eigenvalue weighted by atomic mass is 32.2. The number of nitro benzene ring substituents is 2. The highest BCUT2D eigenvalue weighted by Gasteiger charge is 2.25. The molecule has 0 radical (unpaired) electrons. The number of nitro groups is 2. The lowest BCUT2D eigenvalue weighted by molar-refractivity contribution is -0.392. The van der Waals surface area contributed by atoms with Crippen LogP contribution in [0.3, 0.4) is 0 Å². The maximum Gasteiger partial charge on any atom is 0.303 e. The van der Waals surface area contributed by atoms with Gasteiger partial charge in [-0.15, -0.1) is 10.2 Å². The summed E-state index contributed by atoms with van der Waals surface area (Å²) in [6.45, 7) is 4.87. The normalized spacial score (nSPS) is 11.6. The van der Waals surface area contributed by atoms with Crippen molar-refractivity contribution >= 4 is 38.6 Å². The molecular weight excluding hydrogens is 406 g/mol. The number of anilines is 1. The molecule has 0 unspecified atom stereocenters. The first-order valence-corrected chi connectivity index (χ1v) is 9.74. The highest BCUT2D eigenvalue weighted by Crippen LogP contribution is 2.38. The molecule has 0 aromatic heterocycles. The van der Waals surface area contributed by atoms with Crippen molar-refractivity contribution in [3.8, 4) is 0 Å². The van der Waals surface area contributed by atoms with Gasteiger partial charge in [0.1, 0.15) is 10.6 Å². The first-order chi connectivity index (χ1) is 13.6. The summed E-state index contributed by atoms with van der Waals surface area (Å²) in [5.41, 5.74) is -1.81. The van der Waals surface area contributed by atoms with Crippen LogP contribution >= 0.6 is 0 Å². The van der Waals surface area contributed by atoms with E-state index in [1.54, 1.807) is 0 Å². The molecule has 0 spiro atoms. The Bertz CT molecular complexity index is 1050. The fraction of sp³-hybridized carbons (Fsp3) is 0.250. The summed E-state index contributed by atoms with van der Waals surface area (Å²) in [5.74, 6) is 0. The Kier molecular flexibility index (Phi) is 6.56. The van der Waals surface area contributed by atoms with Crippen molar-refractivity contribution in [3.05, 3.63) is 56.6 Å². The van der Waals surface area contributed by atoms with Gasteiger partial charge in [0.05, 0.1) is 9.85 Å². The molecule has 13 heteroatoms. The van der Waals surface area contributed by atoms with Crippen molar-refractivity contribution in [1.29, 1.82) is 0 Å². The predicted molar refractivity (Wildman–Crippen MR) is 104 cm³/mol. The van der Waals surface area contributed by atoms with E-state index >= 15 is 0 Å². The van der Waals surface area contributed by atoms with E-state index in [-0.39, 0.29) is 5.69 Å². The molecule has 29 heavy (non-hydrogen) atoms. The van der Waals surface area contributed by atoms with Crippen LogP contribution in [0.1, 0.15) is 13.8 Å². The number of hydrogen-bond acceptors (Lipinski definition) is 9. The van der Waals surface area contributed by atoms with E-state index in [1.807, 2.05) is 18.7 Å². The molecule has 0 saturated heterocycles. The van der Waals surface area contributed by atoms with Crippen LogP contribution in [-0.4, -0.2) is 35.9 Å². The first-order valence-electron chi connectivity index (χ1n) is 8.30. The highest BCUT2D eigenvalue weighted by molar-refractivity contribution is 7.86. The van der Waals surface area contributed by atoms with Gasteiger partial charge in [0.2, 0.25) is 5.69 Å². The molecule has 154 valence electrons. The van der Waals surface area contributed by atoms with Gasteiger partial charge in [-0.25, -0.2) is 0 Å². The van der Waals surface area contributed by atoms with Crippen molar-refractivity contribution in [2.45, 2.75) is 18.7 Å². The topological polar surface area (TPSA) is 169 Å². The van der Waals surface area contributed by atoms with Crippen LogP contribution in [0.4, 0.5) is 28.4 Å². The molecule has 0 atom stereocenters. The molecule has 0 amide bonds. The fourth-order valence-corrected chi connectivity index (χ4v) is 3.24. The Morgan fingerprint density at radius 1 is 1.00 bits per heavy atom. The molecule has 0 bridgehead atoms. The minimum absolute atomic E-state index is 0.323. The number of hydrogen-bond donors (Lipinski definition) is 1. The van der Waals surface area contributed by atoms with E-state index in [0.29, 0.717) is 18.8 Å². The lowest BCUT2D eigenvalue weighted by Gasteiger charge is -2.21. The average Bonchev–Trinajstić information content (AvgIpc) is 2.66. The van der Waals surface area contributed by atoms with Crippen LogP contribution in [0.25, 0.3) is 0 Å². The second-order valence-electron chi connectivity index (χ2n) is 5.66. The standard InChI is InChI=1S/C16H17N5O7S/c1-3-19(4-2)11-8-9-12(15(10-11)29(26,27)28)17-18-16-13(20(22)23)6-5-7-14(16)21(24)25/h5-10H,3-4H2,1-2H3,(H,26,27,28). The monoisotopic (exact) mass is 423 g/mol. The van der Waals surface area contributed by atoms with Gasteiger partial charge in [-0.05, 0) is 38.1 Å². The van der Waals surface area contributed by atoms with Crippen molar-refractivity contribution in [2.75, 3.05) is 18.0 Å². The van der Waals surface area contributed by atoms with Gasteiger partial charge in [-0.2, -0.15) is 8.42 Å². The zero-order valence-corrected chi connectivity index (χ0v) is 16.2. The van der Waals surface area contributed by atoms with E-state index < -0.39 is 41.9 Å². The zero-order valence-electron chi connectivity index (χ0n) is 15.4. The van der Waals surface area contributed by atoms with Crippen LogP contribution in [-0.2, 0) is 10.1 Å². The summed E-state index contributed by atoms with van der Waals surface area (Å²) < 4.78 is 33.1. The van der Waals surface area contributed by atoms with Crippen molar-refractivity contribution in [2.24, 2.45) is 10.2 Å². The maximum absolute atomic E-state index is 11.8. The molecule has 0 aliphatic heterocycles. The minimum atomic E-state index is -4.71. The van der Waals surface area contributed by atoms with Gasteiger partial charge in [-0.3, -0.25) is 24.8 Å². The molecule has 0 aliphatic carbocycles. The summed E-state index contributed by atoms with van der Waals surface area (Å²) in [6, 6.07) is 7.11. The lowest BCUT2D eigenvalue weighted by Crippen LogP contribution is -2.22. The summed E-state index contributed by atoms with van der Waals surface area (Å²) in [7, 11) is -4.71. The Morgan fingerprint density at radius 2 is 1.55 bits per heavy atom. The second-order valence-corrected chi connectivity index (χ2v) is 7.05. The third-order valence-electron chi connectivity index (χ3n) is 3.99. The molecule has 0 heterocycles. The SMILES string of the molecule is CCN(CC)c1ccc(N=Nc2c([N+](=O)[O-])cccc2[N+](=O)[O-])c(S(=O)(=O)O)c1. The van der Waals surface area contributed by atoms with Gasteiger partial charge in [0.25, 0.3) is 10.1 Å². The Hall–Kier alpha value is -3.45. The lowest BCUT2D eigenvalue weighted by atomic mass is 10.2. The van der Waals surface area contributed by atoms with E-state index in [9.17, 15) is 33.2 Å². The van der Waals surface area contributed by atoms with Crippen LogP contribution in [0.5, 0.6) is 0 Å². The third-order valence-corrected chi connectivity index (χ3v) is 4.88. The first kappa shape index (κ1) is 21.8. The summed E-state index contributed by atoms with van der Waals surface area (Å²) in [4.78, 5) is 21.8. The van der Waals surface area contributed by atoms with E-state index in [0.717, 1.165) is 18.2 Å². The summed E-state index contributed by atoms with van der Waals surface area (Å²) in [6.07, 6.45) is 0. The number of benzene rings is 2. The largest absolute Gasteiger partial charge is 0.372 e. The molecule has 1 N–H and O–H groups in total. The van der Waals surface area contributed by atoms with Gasteiger partial charge < -0.3 is 4.90 Å². The Labute approximate surface area is 165 Å². The maximum atomic E-state index is 11.8. The predicted octanol–water partition coefficient (Wildman–Crippen LogP) is 4.01. The van der Waals surface area contributed by atoms with Crippen LogP contribution in [0.15, 0.2) is 51.5 Å². The van der Waals surface area contributed by atoms with Gasteiger partial charge in [0, 0.05) is 30.9 Å². The average molecular weight is 423 g/mol. The van der Waals surface area contributed by atoms with Crippen LogP contribution < -0.4 is 4.90 Å². The fourth-order valence-electron chi connectivity index (χ4n) is 2.60. The van der Waals surface area contributed by atoms with Crippen molar-refractivity contribution in [3.63, 3.8) is 0 Å².